The van der Waals surface area contributed by atoms with Crippen molar-refractivity contribution in [3.05, 3.63) is 0 Å². The maximum atomic E-state index is 11.4. The molecule has 0 aromatic carbocycles. The molecule has 0 bridgehead atoms. The first-order chi connectivity index (χ1) is 9.44. The van der Waals surface area contributed by atoms with E-state index in [0.717, 1.165) is 26.1 Å². The average molecular weight is 286 g/mol. The Morgan fingerprint density at radius 2 is 1.95 bits per heavy atom. The number of piperidine rings is 1. The Morgan fingerprint density at radius 1 is 1.25 bits per heavy atom. The van der Waals surface area contributed by atoms with E-state index in [1.54, 1.807) is 0 Å². The van der Waals surface area contributed by atoms with Crippen LogP contribution >= 0.6 is 0 Å². The first kappa shape index (κ1) is 16.8. The first-order valence-corrected chi connectivity index (χ1v) is 7.08. The lowest BCUT2D eigenvalue weighted by atomic mass is 9.91. The number of amides is 1. The predicted octanol–water partition coefficient (Wildman–Crippen LogP) is 1.25. The fourth-order valence-corrected chi connectivity index (χ4v) is 2.77. The van der Waals surface area contributed by atoms with Crippen molar-refractivity contribution in [3.63, 3.8) is 0 Å². The summed E-state index contributed by atoms with van der Waals surface area (Å²) in [5.41, 5.74) is 0. The van der Waals surface area contributed by atoms with Crippen molar-refractivity contribution in [2.45, 2.75) is 32.7 Å². The molecule has 0 radical (unpaired) electrons. The third-order valence-electron chi connectivity index (χ3n) is 3.43. The van der Waals surface area contributed by atoms with E-state index in [0.29, 0.717) is 12.3 Å². The zero-order chi connectivity index (χ0) is 15.1. The van der Waals surface area contributed by atoms with E-state index in [1.807, 2.05) is 0 Å². The van der Waals surface area contributed by atoms with Crippen molar-refractivity contribution >= 4 is 12.1 Å². The van der Waals surface area contributed by atoms with Gasteiger partial charge in [0.25, 0.3) is 0 Å². The quantitative estimate of drug-likeness (QED) is 0.770. The van der Waals surface area contributed by atoms with Gasteiger partial charge in [0.2, 0.25) is 0 Å². The van der Waals surface area contributed by atoms with E-state index >= 15 is 0 Å². The van der Waals surface area contributed by atoms with Crippen molar-refractivity contribution in [2.75, 3.05) is 33.9 Å². The second kappa shape index (κ2) is 8.09. The lowest BCUT2D eigenvalue weighted by Crippen LogP contribution is -2.51. The number of ether oxygens (including phenoxy) is 2. The fraction of sp³-hybridized carbons (Fsp3) is 0.857. The minimum atomic E-state index is -0.418. The van der Waals surface area contributed by atoms with Gasteiger partial charge in [-0.2, -0.15) is 0 Å². The van der Waals surface area contributed by atoms with Crippen molar-refractivity contribution < 1.29 is 19.1 Å². The lowest BCUT2D eigenvalue weighted by Gasteiger charge is -2.38. The Hall–Kier alpha value is -1.30. The molecule has 1 amide bonds. The number of nitrogens with one attached hydrogen (secondary N) is 1. The fourth-order valence-electron chi connectivity index (χ4n) is 2.77. The summed E-state index contributed by atoms with van der Waals surface area (Å²) in [5.74, 6) is 0.556. The zero-order valence-corrected chi connectivity index (χ0v) is 12.8. The second-order valence-electron chi connectivity index (χ2n) is 5.83. The van der Waals surface area contributed by atoms with Crippen LogP contribution in [0.5, 0.6) is 0 Å². The number of carbonyl (C=O) groups excluding carboxylic acids is 2. The molecule has 116 valence electrons. The molecule has 1 N–H and O–H groups in total. The van der Waals surface area contributed by atoms with Crippen LogP contribution in [0.2, 0.25) is 0 Å². The van der Waals surface area contributed by atoms with Gasteiger partial charge in [-0.15, -0.1) is 0 Å². The minimum absolute atomic E-state index is 0.0182. The van der Waals surface area contributed by atoms with Crippen LogP contribution < -0.4 is 5.32 Å². The highest BCUT2D eigenvalue weighted by molar-refractivity contribution is 5.69. The van der Waals surface area contributed by atoms with E-state index < -0.39 is 6.09 Å². The van der Waals surface area contributed by atoms with E-state index in [4.69, 9.17) is 4.74 Å². The molecular formula is C14H26N2O4. The Labute approximate surface area is 120 Å². The third kappa shape index (κ3) is 5.77. The van der Waals surface area contributed by atoms with E-state index in [9.17, 15) is 9.59 Å². The molecule has 0 spiro atoms. The second-order valence-corrected chi connectivity index (χ2v) is 5.83. The third-order valence-corrected chi connectivity index (χ3v) is 3.43. The summed E-state index contributed by atoms with van der Waals surface area (Å²) in [7, 11) is 2.76. The van der Waals surface area contributed by atoms with Crippen molar-refractivity contribution in [1.29, 1.82) is 0 Å². The summed E-state index contributed by atoms with van der Waals surface area (Å²) >= 11 is 0. The molecule has 2 atom stereocenters. The van der Waals surface area contributed by atoms with Crippen LogP contribution in [0, 0.1) is 11.8 Å². The topological polar surface area (TPSA) is 67.9 Å². The average Bonchev–Trinajstić information content (AvgIpc) is 2.37. The smallest absolute Gasteiger partial charge is 0.407 e. The van der Waals surface area contributed by atoms with Gasteiger partial charge in [0.15, 0.2) is 0 Å². The van der Waals surface area contributed by atoms with Crippen molar-refractivity contribution in [1.82, 2.24) is 10.2 Å². The molecule has 0 saturated carbocycles. The number of nitrogens with zero attached hydrogens (tertiary/aromatic N) is 1. The Balaban J connectivity index is 2.61. The summed E-state index contributed by atoms with van der Waals surface area (Å²) < 4.78 is 9.38. The van der Waals surface area contributed by atoms with Crippen LogP contribution in [0.3, 0.4) is 0 Å². The molecule has 1 rings (SSSR count). The normalized spacial score (nSPS) is 23.4. The highest BCUT2D eigenvalue weighted by Crippen LogP contribution is 2.21. The highest BCUT2D eigenvalue weighted by Gasteiger charge is 2.30. The maximum absolute atomic E-state index is 11.4. The van der Waals surface area contributed by atoms with Gasteiger partial charge in [0.1, 0.15) is 0 Å². The summed E-state index contributed by atoms with van der Waals surface area (Å²) in [5, 5.41) is 2.84. The van der Waals surface area contributed by atoms with Gasteiger partial charge in [-0.3, -0.25) is 4.79 Å². The molecule has 0 aliphatic carbocycles. The largest absolute Gasteiger partial charge is 0.469 e. The molecule has 0 aromatic rings. The molecule has 1 aliphatic heterocycles. The molecule has 20 heavy (non-hydrogen) atoms. The van der Waals surface area contributed by atoms with Gasteiger partial charge < -0.3 is 19.7 Å². The molecule has 1 fully saturated rings. The number of hydrogen-bond acceptors (Lipinski definition) is 5. The van der Waals surface area contributed by atoms with E-state index in [1.165, 1.54) is 14.2 Å². The summed E-state index contributed by atoms with van der Waals surface area (Å²) in [6.45, 7) is 6.94. The number of esters is 1. The number of rotatable bonds is 5. The number of likely N-dealkylation sites (tertiary alicyclic amines) is 1. The molecule has 2 unspecified atom stereocenters. The zero-order valence-electron chi connectivity index (χ0n) is 12.8. The van der Waals surface area contributed by atoms with E-state index in [2.05, 4.69) is 28.8 Å². The number of alkyl carbamates (subject to hydrolysis) is 1. The van der Waals surface area contributed by atoms with Crippen LogP contribution in [-0.4, -0.2) is 56.9 Å². The van der Waals surface area contributed by atoms with Crippen LogP contribution in [0.25, 0.3) is 0 Å². The van der Waals surface area contributed by atoms with Crippen molar-refractivity contribution in [2.24, 2.45) is 11.8 Å². The summed E-state index contributed by atoms with van der Waals surface area (Å²) in [4.78, 5) is 25.1. The van der Waals surface area contributed by atoms with Gasteiger partial charge in [0.05, 0.1) is 14.2 Å². The Bertz CT molecular complexity index is 307. The van der Waals surface area contributed by atoms with Crippen molar-refractivity contribution in [3.8, 4) is 0 Å². The number of carbonyl (C=O) groups is 2. The molecule has 1 heterocycles. The van der Waals surface area contributed by atoms with Crippen LogP contribution in [-0.2, 0) is 14.3 Å². The number of hydrogen-bond donors (Lipinski definition) is 1. The summed E-state index contributed by atoms with van der Waals surface area (Å²) in [6.07, 6.45) is 0.752. The molecule has 0 aromatic heterocycles. The molecule has 6 heteroatoms. The maximum Gasteiger partial charge on any atom is 0.407 e. The van der Waals surface area contributed by atoms with Gasteiger partial charge in [0, 0.05) is 32.1 Å². The van der Waals surface area contributed by atoms with Crippen LogP contribution in [0.1, 0.15) is 26.7 Å². The predicted molar refractivity (Wildman–Crippen MR) is 75.3 cm³/mol. The summed E-state index contributed by atoms with van der Waals surface area (Å²) in [6, 6.07) is 0.0182. The van der Waals surface area contributed by atoms with E-state index in [-0.39, 0.29) is 17.9 Å². The molecule has 1 saturated heterocycles. The van der Waals surface area contributed by atoms with Crippen LogP contribution in [0.15, 0.2) is 0 Å². The van der Waals surface area contributed by atoms with Gasteiger partial charge in [-0.1, -0.05) is 13.8 Å². The monoisotopic (exact) mass is 286 g/mol. The Kier molecular flexibility index (Phi) is 6.78. The van der Waals surface area contributed by atoms with Gasteiger partial charge in [-0.05, 0) is 18.3 Å². The van der Waals surface area contributed by atoms with Gasteiger partial charge in [-0.25, -0.2) is 4.79 Å². The van der Waals surface area contributed by atoms with Gasteiger partial charge >= 0.3 is 12.1 Å². The standard InChI is InChI=1S/C14H26N2O4/c1-10(2)7-16-8-11(6-13(17)19-3)5-12(9-16)15-14(18)20-4/h10-12H,5-9H2,1-4H3,(H,15,18). The van der Waals surface area contributed by atoms with Crippen LogP contribution in [0.4, 0.5) is 4.79 Å². The Morgan fingerprint density at radius 3 is 2.50 bits per heavy atom. The molecule has 6 nitrogen and oxygen atoms in total. The molecular weight excluding hydrogens is 260 g/mol. The highest BCUT2D eigenvalue weighted by atomic mass is 16.5. The lowest BCUT2D eigenvalue weighted by molar-refractivity contribution is -0.142. The minimum Gasteiger partial charge on any atom is -0.469 e. The first-order valence-electron chi connectivity index (χ1n) is 7.08. The number of methoxy groups -OCH3 is 2. The molecule has 1 aliphatic rings. The SMILES string of the molecule is COC(=O)CC1CC(NC(=O)OC)CN(CC(C)C)C1.